The number of hydrogen-bond donors (Lipinski definition) is 0. The average Bonchev–Trinajstić information content (AvgIpc) is 2.72. The molecule has 0 spiro atoms. The second-order valence-corrected chi connectivity index (χ2v) is 9.68. The second-order valence-electron chi connectivity index (χ2n) is 7.35. The fourth-order valence-electron chi connectivity index (χ4n) is 3.84. The van der Waals surface area contributed by atoms with Gasteiger partial charge in [0.25, 0.3) is 5.91 Å². The van der Waals surface area contributed by atoms with E-state index in [9.17, 15) is 13.2 Å². The number of aryl methyl sites for hydroxylation is 2. The maximum absolute atomic E-state index is 13.2. The van der Waals surface area contributed by atoms with Gasteiger partial charge in [0.05, 0.1) is 21.4 Å². The van der Waals surface area contributed by atoms with E-state index in [2.05, 4.69) is 4.98 Å². The van der Waals surface area contributed by atoms with Crippen molar-refractivity contribution in [3.8, 4) is 0 Å². The summed E-state index contributed by atoms with van der Waals surface area (Å²) in [7, 11) is -3.71. The molecule has 0 unspecified atom stereocenters. The van der Waals surface area contributed by atoms with Gasteiger partial charge >= 0.3 is 0 Å². The van der Waals surface area contributed by atoms with Crippen molar-refractivity contribution in [2.75, 3.05) is 11.4 Å². The number of nitrogens with zero attached hydrogens (tertiary/aromatic N) is 2. The molecule has 3 aromatic rings. The van der Waals surface area contributed by atoms with E-state index in [0.29, 0.717) is 17.8 Å². The first kappa shape index (κ1) is 20.6. The normalized spacial score (nSPS) is 13.7. The van der Waals surface area contributed by atoms with Crippen molar-refractivity contribution < 1.29 is 13.2 Å². The molecule has 1 amide bonds. The van der Waals surface area contributed by atoms with Crippen LogP contribution in [0.3, 0.4) is 0 Å². The van der Waals surface area contributed by atoms with Gasteiger partial charge in [-0.15, -0.1) is 0 Å². The van der Waals surface area contributed by atoms with Gasteiger partial charge in [0, 0.05) is 12.2 Å². The minimum atomic E-state index is -3.71. The number of hydrogen-bond acceptors (Lipinski definition) is 4. The summed E-state index contributed by atoms with van der Waals surface area (Å²) < 4.78 is 25.9. The molecule has 0 bridgehead atoms. The highest BCUT2D eigenvalue weighted by Crippen LogP contribution is 2.29. The number of pyridine rings is 1. The van der Waals surface area contributed by atoms with E-state index in [-0.39, 0.29) is 27.3 Å². The number of halogens is 1. The van der Waals surface area contributed by atoms with Crippen molar-refractivity contribution in [2.45, 2.75) is 30.4 Å². The lowest BCUT2D eigenvalue weighted by Crippen LogP contribution is -2.36. The van der Waals surface area contributed by atoms with Crippen molar-refractivity contribution in [3.63, 3.8) is 0 Å². The van der Waals surface area contributed by atoms with Crippen LogP contribution in [0, 0.1) is 6.92 Å². The number of sulfone groups is 1. The maximum Gasteiger partial charge on any atom is 0.276 e. The molecule has 0 radical (unpaired) electrons. The van der Waals surface area contributed by atoms with Gasteiger partial charge in [0.15, 0.2) is 9.84 Å². The fourth-order valence-corrected chi connectivity index (χ4v) is 6.03. The van der Waals surface area contributed by atoms with Gasteiger partial charge in [-0.05, 0) is 55.2 Å². The predicted molar refractivity (Wildman–Crippen MR) is 118 cm³/mol. The number of rotatable bonds is 4. The van der Waals surface area contributed by atoms with E-state index < -0.39 is 9.84 Å². The van der Waals surface area contributed by atoms with Crippen molar-refractivity contribution in [2.24, 2.45) is 0 Å². The molecule has 5 nitrogen and oxygen atoms in total. The van der Waals surface area contributed by atoms with Crippen LogP contribution in [0.2, 0.25) is 5.02 Å². The van der Waals surface area contributed by atoms with Crippen molar-refractivity contribution in [3.05, 3.63) is 88.2 Å². The summed E-state index contributed by atoms with van der Waals surface area (Å²) in [6, 6.07) is 17.7. The first-order chi connectivity index (χ1) is 14.4. The minimum absolute atomic E-state index is 0.107. The lowest BCUT2D eigenvalue weighted by molar-refractivity contribution is 0.0980. The van der Waals surface area contributed by atoms with Gasteiger partial charge in [-0.2, -0.15) is 0 Å². The Kier molecular flexibility index (Phi) is 5.62. The number of carbonyl (C=O) groups is 1. The third-order valence-corrected chi connectivity index (χ3v) is 7.46. The monoisotopic (exact) mass is 440 g/mol. The summed E-state index contributed by atoms with van der Waals surface area (Å²) in [5.41, 5.74) is 3.14. The van der Waals surface area contributed by atoms with Crippen LogP contribution >= 0.6 is 11.6 Å². The van der Waals surface area contributed by atoms with Crippen molar-refractivity contribution in [1.29, 1.82) is 0 Å². The van der Waals surface area contributed by atoms with Gasteiger partial charge < -0.3 is 4.90 Å². The number of benzene rings is 2. The number of carbonyl (C=O) groups excluding carboxylic acids is 1. The Morgan fingerprint density at radius 3 is 2.63 bits per heavy atom. The van der Waals surface area contributed by atoms with E-state index in [1.165, 1.54) is 0 Å². The first-order valence-electron chi connectivity index (χ1n) is 9.70. The zero-order valence-electron chi connectivity index (χ0n) is 16.5. The van der Waals surface area contributed by atoms with Crippen LogP contribution in [0.1, 0.15) is 33.7 Å². The highest BCUT2D eigenvalue weighted by molar-refractivity contribution is 7.90. The van der Waals surface area contributed by atoms with Crippen LogP contribution in [0.5, 0.6) is 0 Å². The number of aromatic nitrogens is 1. The van der Waals surface area contributed by atoms with Crippen LogP contribution < -0.4 is 4.90 Å². The number of anilines is 1. The second kappa shape index (κ2) is 8.20. The zero-order chi connectivity index (χ0) is 21.3. The first-order valence-corrected chi connectivity index (χ1v) is 11.7. The molecule has 30 heavy (non-hydrogen) atoms. The van der Waals surface area contributed by atoms with Gasteiger partial charge in [-0.1, -0.05) is 48.0 Å². The third kappa shape index (κ3) is 3.98. The smallest absolute Gasteiger partial charge is 0.276 e. The van der Waals surface area contributed by atoms with Gasteiger partial charge in [0.1, 0.15) is 5.69 Å². The van der Waals surface area contributed by atoms with E-state index >= 15 is 0 Å². The molecule has 0 aliphatic carbocycles. The molecule has 2 heterocycles. The largest absolute Gasteiger partial charge is 0.307 e. The molecule has 1 aliphatic heterocycles. The molecule has 4 rings (SSSR count). The molecule has 2 aromatic carbocycles. The minimum Gasteiger partial charge on any atom is -0.307 e. The molecule has 0 N–H and O–H groups in total. The summed E-state index contributed by atoms with van der Waals surface area (Å²) in [4.78, 5) is 19.4. The molecule has 0 saturated heterocycles. The lowest BCUT2D eigenvalue weighted by atomic mass is 10.0. The van der Waals surface area contributed by atoms with Gasteiger partial charge in [0.2, 0.25) is 0 Å². The molecule has 0 atom stereocenters. The Hall–Kier alpha value is -2.70. The highest BCUT2D eigenvalue weighted by atomic mass is 35.5. The lowest BCUT2D eigenvalue weighted by Gasteiger charge is -2.29. The fraction of sp³-hybridized carbons (Fsp3) is 0.217. The Balaban J connectivity index is 1.63. The number of amides is 1. The number of para-hydroxylation sites is 1. The van der Waals surface area contributed by atoms with Crippen molar-refractivity contribution >= 4 is 33.0 Å². The molecule has 0 saturated carbocycles. The Morgan fingerprint density at radius 2 is 1.83 bits per heavy atom. The maximum atomic E-state index is 13.2. The summed E-state index contributed by atoms with van der Waals surface area (Å²) in [6.07, 6.45) is 1.81. The molecule has 1 aliphatic rings. The van der Waals surface area contributed by atoms with Gasteiger partial charge in [-0.3, -0.25) is 4.79 Å². The van der Waals surface area contributed by atoms with E-state index in [1.54, 1.807) is 48.2 Å². The summed E-state index contributed by atoms with van der Waals surface area (Å²) in [6.45, 7) is 2.32. The molecule has 154 valence electrons. The molecule has 0 fully saturated rings. The van der Waals surface area contributed by atoms with E-state index in [4.69, 9.17) is 11.6 Å². The highest BCUT2D eigenvalue weighted by Gasteiger charge is 2.26. The predicted octanol–water partition coefficient (Wildman–Crippen LogP) is 4.61. The summed E-state index contributed by atoms with van der Waals surface area (Å²) >= 11 is 6.15. The number of fused-ring (bicyclic) bond motifs is 1. The van der Waals surface area contributed by atoms with Crippen LogP contribution in [0.15, 0.2) is 65.6 Å². The Bertz CT molecular complexity index is 1200. The van der Waals surface area contributed by atoms with Gasteiger partial charge in [-0.25, -0.2) is 13.4 Å². The van der Waals surface area contributed by atoms with E-state index in [0.717, 1.165) is 24.1 Å². The average molecular weight is 441 g/mol. The van der Waals surface area contributed by atoms with Crippen LogP contribution in [0.25, 0.3) is 0 Å². The van der Waals surface area contributed by atoms with Crippen molar-refractivity contribution in [1.82, 2.24) is 4.98 Å². The molecular weight excluding hydrogens is 420 g/mol. The van der Waals surface area contributed by atoms with Crippen LogP contribution in [-0.2, 0) is 22.0 Å². The summed E-state index contributed by atoms with van der Waals surface area (Å²) in [5.74, 6) is -0.551. The van der Waals surface area contributed by atoms with E-state index in [1.807, 2.05) is 24.3 Å². The van der Waals surface area contributed by atoms with Crippen LogP contribution in [-0.4, -0.2) is 25.9 Å². The standard InChI is InChI=1S/C23H21ClN2O3S/c1-16-7-4-11-19(24)22(16)30(28,29)15-18-10-5-12-20(25-18)23(27)26-14-6-9-17-8-2-3-13-21(17)26/h2-5,7-8,10-13H,6,9,14-15H2,1H3. The molecular formula is C23H21ClN2O3S. The Labute approximate surface area is 181 Å². The molecule has 7 heteroatoms. The third-order valence-electron chi connectivity index (χ3n) is 5.19. The topological polar surface area (TPSA) is 67.3 Å². The summed E-state index contributed by atoms with van der Waals surface area (Å²) in [5, 5.41) is 0.187. The zero-order valence-corrected chi connectivity index (χ0v) is 18.1. The molecule has 1 aromatic heterocycles. The van der Waals surface area contributed by atoms with Crippen LogP contribution in [0.4, 0.5) is 5.69 Å². The SMILES string of the molecule is Cc1cccc(Cl)c1S(=O)(=O)Cc1cccc(C(=O)N2CCCc3ccccc32)n1. The Morgan fingerprint density at radius 1 is 1.07 bits per heavy atom. The quantitative estimate of drug-likeness (QED) is 0.594.